The summed E-state index contributed by atoms with van der Waals surface area (Å²) in [5.74, 6) is -5.47. The van der Waals surface area contributed by atoms with Crippen molar-refractivity contribution in [1.29, 1.82) is 0 Å². The molecule has 0 heterocycles. The quantitative estimate of drug-likeness (QED) is 0.0335. The molecule has 6 amide bonds. The fourth-order valence-corrected chi connectivity index (χ4v) is 6.08. The number of Topliss-reactive ketones (excluding diaryl/α,β-unsaturated/α-hetero) is 1. The van der Waals surface area contributed by atoms with Gasteiger partial charge in [-0.1, -0.05) is 0 Å². The summed E-state index contributed by atoms with van der Waals surface area (Å²) in [6.07, 6.45) is -2.12. The molecule has 2 atom stereocenters. The number of phenolic OH excluding ortho intramolecular Hbond substituents is 1. The number of carbonyl (C=O) groups excluding carboxylic acids is 7. The van der Waals surface area contributed by atoms with E-state index in [1.54, 1.807) is 13.8 Å². The average Bonchev–Trinajstić information content (AvgIpc) is 3.27. The highest BCUT2D eigenvalue weighted by Gasteiger charge is 2.34. The molecule has 0 aliphatic heterocycles. The standard InChI is InChI=1S/C45H43N7O13/c1-23(2)65-38-34(21-19-32(37(38)54)44(59)49-33-20-12-28(24(3)53)22-35(33)63-4)50-42(57)25-6-15-30(16-7-25)48-45(60)39(64-5)36(40(46)55)51-43(58)26-8-13-29(14-9-26)47-41(56)27-10-17-31(18-11-27)52(61)62/h6-23,36,39,54H,1-5H3,(H2,46,55)(H,47,56)(H,48,60)(H,49,59)(H,50,57)(H,51,58). The number of benzene rings is 5. The maximum absolute atomic E-state index is 13.4. The number of rotatable bonds is 18. The molecule has 0 saturated carbocycles. The van der Waals surface area contributed by atoms with Crippen molar-refractivity contribution in [2.45, 2.75) is 39.0 Å². The van der Waals surface area contributed by atoms with Gasteiger partial charge in [0.15, 0.2) is 23.4 Å². The third-order valence-corrected chi connectivity index (χ3v) is 9.40. The molecule has 2 unspecified atom stereocenters. The number of carbonyl (C=O) groups is 7. The number of ether oxygens (including phenoxy) is 3. The van der Waals surface area contributed by atoms with Crippen LogP contribution in [-0.2, 0) is 14.3 Å². The lowest BCUT2D eigenvalue weighted by Gasteiger charge is -2.24. The van der Waals surface area contributed by atoms with Gasteiger partial charge in [-0.25, -0.2) is 0 Å². The predicted octanol–water partition coefficient (Wildman–Crippen LogP) is 5.29. The van der Waals surface area contributed by atoms with Crippen LogP contribution in [0.5, 0.6) is 17.2 Å². The molecule has 0 spiro atoms. The van der Waals surface area contributed by atoms with Crippen molar-refractivity contribution in [2.24, 2.45) is 5.73 Å². The van der Waals surface area contributed by atoms with Crippen LogP contribution < -0.4 is 41.8 Å². The third-order valence-electron chi connectivity index (χ3n) is 9.40. The Labute approximate surface area is 370 Å². The molecule has 65 heavy (non-hydrogen) atoms. The van der Waals surface area contributed by atoms with E-state index in [0.717, 1.165) is 7.11 Å². The van der Waals surface area contributed by atoms with Gasteiger partial charge in [-0.15, -0.1) is 0 Å². The summed E-state index contributed by atoms with van der Waals surface area (Å²) in [6.45, 7) is 4.74. The number of hydrogen-bond donors (Lipinski definition) is 7. The Balaban J connectivity index is 1.22. The first-order valence-electron chi connectivity index (χ1n) is 19.4. The molecule has 0 bridgehead atoms. The van der Waals surface area contributed by atoms with E-state index in [9.17, 15) is 48.8 Å². The molecule has 8 N–H and O–H groups in total. The van der Waals surface area contributed by atoms with Crippen LogP contribution in [0.15, 0.2) is 103 Å². The van der Waals surface area contributed by atoms with Gasteiger partial charge in [0, 0.05) is 52.9 Å². The molecular formula is C45H43N7O13. The average molecular weight is 890 g/mol. The highest BCUT2D eigenvalue weighted by molar-refractivity contribution is 6.10. The lowest BCUT2D eigenvalue weighted by molar-refractivity contribution is -0.384. The van der Waals surface area contributed by atoms with Gasteiger partial charge >= 0.3 is 0 Å². The summed E-state index contributed by atoms with van der Waals surface area (Å²) in [7, 11) is 2.50. The van der Waals surface area contributed by atoms with E-state index >= 15 is 0 Å². The van der Waals surface area contributed by atoms with Gasteiger partial charge in [0.1, 0.15) is 11.8 Å². The smallest absolute Gasteiger partial charge is 0.269 e. The van der Waals surface area contributed by atoms with Gasteiger partial charge in [-0.05, 0) is 112 Å². The van der Waals surface area contributed by atoms with Crippen molar-refractivity contribution >= 4 is 69.7 Å². The number of nitro groups is 1. The van der Waals surface area contributed by atoms with Gasteiger partial charge < -0.3 is 51.6 Å². The zero-order chi connectivity index (χ0) is 47.5. The van der Waals surface area contributed by atoms with Crippen molar-refractivity contribution in [3.63, 3.8) is 0 Å². The fourth-order valence-electron chi connectivity index (χ4n) is 6.08. The van der Waals surface area contributed by atoms with E-state index < -0.39 is 64.4 Å². The number of hydrogen-bond acceptors (Lipinski definition) is 13. The first-order chi connectivity index (χ1) is 30.9. The number of primary amides is 1. The third kappa shape index (κ3) is 11.8. The summed E-state index contributed by atoms with van der Waals surface area (Å²) in [6, 6.07) is 21.4. The number of amides is 6. The van der Waals surface area contributed by atoms with Crippen LogP contribution >= 0.6 is 0 Å². The Morgan fingerprint density at radius 2 is 1.17 bits per heavy atom. The molecule has 5 rings (SSSR count). The molecule has 5 aromatic carbocycles. The second kappa shape index (κ2) is 20.9. The minimum absolute atomic E-state index is 0.0308. The molecule has 336 valence electrons. The first-order valence-corrected chi connectivity index (χ1v) is 19.4. The van der Waals surface area contributed by atoms with Gasteiger partial charge in [0.05, 0.1) is 35.1 Å². The minimum atomic E-state index is -1.66. The minimum Gasteiger partial charge on any atom is -0.504 e. The topological polar surface area (TPSA) is 297 Å². The number of nitrogens with one attached hydrogen (secondary N) is 5. The van der Waals surface area contributed by atoms with E-state index in [1.165, 1.54) is 117 Å². The Bertz CT molecular complexity index is 2650. The maximum atomic E-state index is 13.4. The van der Waals surface area contributed by atoms with Crippen molar-refractivity contribution in [2.75, 3.05) is 35.5 Å². The fraction of sp³-hybridized carbons (Fsp3) is 0.178. The van der Waals surface area contributed by atoms with E-state index in [0.29, 0.717) is 5.56 Å². The number of phenols is 1. The highest BCUT2D eigenvalue weighted by atomic mass is 16.6. The number of anilines is 4. The number of ketones is 1. The SMILES string of the molecule is COc1cc(C(C)=O)ccc1NC(=O)c1ccc(NC(=O)c2ccc(NC(=O)C(OC)C(NC(=O)c3ccc(NC(=O)c4ccc([N+](=O)[O-])cc4)cc3)C(N)=O)cc2)c(OC(C)C)c1O. The Hall–Kier alpha value is -8.65. The first kappa shape index (κ1) is 47.4. The molecule has 0 radical (unpaired) electrons. The summed E-state index contributed by atoms with van der Waals surface area (Å²) in [5, 5.41) is 34.9. The van der Waals surface area contributed by atoms with Gasteiger partial charge in [0.2, 0.25) is 5.91 Å². The Kier molecular flexibility index (Phi) is 15.3. The number of nitro benzene ring substituents is 1. The second-order valence-electron chi connectivity index (χ2n) is 14.3. The molecule has 0 aliphatic rings. The number of methoxy groups -OCH3 is 2. The van der Waals surface area contributed by atoms with Crippen LogP contribution in [-0.4, -0.2) is 83.7 Å². The van der Waals surface area contributed by atoms with Crippen LogP contribution in [0.2, 0.25) is 0 Å². The number of nitrogens with zero attached hydrogens (tertiary/aromatic N) is 1. The van der Waals surface area contributed by atoms with Crippen LogP contribution in [0, 0.1) is 10.1 Å². The second-order valence-corrected chi connectivity index (χ2v) is 14.3. The summed E-state index contributed by atoms with van der Waals surface area (Å²) in [5.41, 5.74) is 6.56. The monoisotopic (exact) mass is 889 g/mol. The van der Waals surface area contributed by atoms with Crippen LogP contribution in [0.3, 0.4) is 0 Å². The lowest BCUT2D eigenvalue weighted by atomic mass is 10.1. The van der Waals surface area contributed by atoms with Crippen molar-refractivity contribution in [3.05, 3.63) is 141 Å². The predicted molar refractivity (Wildman–Crippen MR) is 237 cm³/mol. The van der Waals surface area contributed by atoms with E-state index in [4.69, 9.17) is 19.9 Å². The Morgan fingerprint density at radius 1 is 0.662 bits per heavy atom. The zero-order valence-corrected chi connectivity index (χ0v) is 35.4. The molecule has 5 aromatic rings. The van der Waals surface area contributed by atoms with Crippen molar-refractivity contribution < 1.29 is 57.8 Å². The number of non-ortho nitro benzene ring substituents is 1. The van der Waals surface area contributed by atoms with Crippen molar-refractivity contribution in [3.8, 4) is 17.2 Å². The largest absolute Gasteiger partial charge is 0.504 e. The molecule has 0 aromatic heterocycles. The molecule has 20 heteroatoms. The normalized spacial score (nSPS) is 11.6. The van der Waals surface area contributed by atoms with Gasteiger partial charge in [0.25, 0.3) is 35.2 Å². The van der Waals surface area contributed by atoms with Crippen LogP contribution in [0.4, 0.5) is 28.4 Å². The Morgan fingerprint density at radius 3 is 1.69 bits per heavy atom. The molecule has 20 nitrogen and oxygen atoms in total. The van der Waals surface area contributed by atoms with Gasteiger partial charge in [-0.2, -0.15) is 0 Å². The van der Waals surface area contributed by atoms with E-state index in [2.05, 4.69) is 26.6 Å². The van der Waals surface area contributed by atoms with Gasteiger partial charge in [-0.3, -0.25) is 43.7 Å². The molecule has 0 fully saturated rings. The number of nitrogens with two attached hydrogens (primary N) is 1. The van der Waals surface area contributed by atoms with E-state index in [1.807, 2.05) is 0 Å². The van der Waals surface area contributed by atoms with Crippen molar-refractivity contribution in [1.82, 2.24) is 5.32 Å². The zero-order valence-electron chi connectivity index (χ0n) is 35.4. The summed E-state index contributed by atoms with van der Waals surface area (Å²) >= 11 is 0. The molecule has 0 aliphatic carbocycles. The summed E-state index contributed by atoms with van der Waals surface area (Å²) < 4.78 is 16.4. The van der Waals surface area contributed by atoms with Crippen LogP contribution in [0.1, 0.15) is 72.6 Å². The number of aromatic hydroxyl groups is 1. The molecular weight excluding hydrogens is 847 g/mol. The lowest BCUT2D eigenvalue weighted by Crippen LogP contribution is -2.56. The maximum Gasteiger partial charge on any atom is 0.269 e. The molecule has 0 saturated heterocycles. The summed E-state index contributed by atoms with van der Waals surface area (Å²) in [4.78, 5) is 100. The van der Waals surface area contributed by atoms with Crippen LogP contribution in [0.25, 0.3) is 0 Å². The highest BCUT2D eigenvalue weighted by Crippen LogP contribution is 2.39. The van der Waals surface area contributed by atoms with E-state index in [-0.39, 0.29) is 68.0 Å².